The quantitative estimate of drug-likeness (QED) is 0.438. The van der Waals surface area contributed by atoms with Gasteiger partial charge in [-0.15, -0.1) is 0 Å². The molecule has 0 aliphatic carbocycles. The molecule has 0 heterocycles. The van der Waals surface area contributed by atoms with Gasteiger partial charge in [-0.3, -0.25) is 0 Å². The number of ether oxygens (including phenoxy) is 2. The molecular formula is C26H31NO3. The molecule has 3 aromatic carbocycles. The molecule has 2 N–H and O–H groups in total. The van der Waals surface area contributed by atoms with E-state index in [0.29, 0.717) is 24.0 Å². The fourth-order valence-electron chi connectivity index (χ4n) is 3.04. The van der Waals surface area contributed by atoms with Crippen molar-refractivity contribution in [2.75, 3.05) is 6.54 Å². The van der Waals surface area contributed by atoms with E-state index >= 15 is 0 Å². The molecule has 0 bridgehead atoms. The van der Waals surface area contributed by atoms with Crippen molar-refractivity contribution in [3.63, 3.8) is 0 Å². The van der Waals surface area contributed by atoms with Crippen molar-refractivity contribution in [1.29, 1.82) is 0 Å². The van der Waals surface area contributed by atoms with Gasteiger partial charge in [-0.2, -0.15) is 0 Å². The van der Waals surface area contributed by atoms with Crippen molar-refractivity contribution in [1.82, 2.24) is 5.32 Å². The Bertz CT molecular complexity index is 933. The van der Waals surface area contributed by atoms with E-state index in [2.05, 4.69) is 19.2 Å². The zero-order chi connectivity index (χ0) is 21.5. The van der Waals surface area contributed by atoms with Gasteiger partial charge in [-0.1, -0.05) is 55.3 Å². The average Bonchev–Trinajstić information content (AvgIpc) is 2.72. The van der Waals surface area contributed by atoms with Gasteiger partial charge in [0.25, 0.3) is 0 Å². The Morgan fingerprint density at radius 3 is 1.83 bits per heavy atom. The molecule has 1 unspecified atom stereocenters. The van der Waals surface area contributed by atoms with E-state index in [1.807, 2.05) is 80.6 Å². The predicted molar refractivity (Wildman–Crippen MR) is 122 cm³/mol. The lowest BCUT2D eigenvalue weighted by atomic mass is 10.1. The summed E-state index contributed by atoms with van der Waals surface area (Å²) in [5.74, 6) is 2.65. The fraction of sp³-hybridized carbons (Fsp3) is 0.308. The second-order valence-corrected chi connectivity index (χ2v) is 7.95. The summed E-state index contributed by atoms with van der Waals surface area (Å²) in [5, 5.41) is 14.0. The molecule has 0 aliphatic rings. The monoisotopic (exact) mass is 405 g/mol. The zero-order valence-corrected chi connectivity index (χ0v) is 18.2. The molecule has 0 aromatic heterocycles. The summed E-state index contributed by atoms with van der Waals surface area (Å²) >= 11 is 0. The van der Waals surface area contributed by atoms with Crippen LogP contribution in [0.3, 0.4) is 0 Å². The molecule has 3 rings (SSSR count). The van der Waals surface area contributed by atoms with Crippen LogP contribution in [-0.4, -0.2) is 17.7 Å². The van der Waals surface area contributed by atoms with Crippen LogP contribution >= 0.6 is 0 Å². The molecule has 4 nitrogen and oxygen atoms in total. The summed E-state index contributed by atoms with van der Waals surface area (Å²) in [6, 6.07) is 21.8. The lowest BCUT2D eigenvalue weighted by Gasteiger charge is -2.17. The first-order chi connectivity index (χ1) is 14.4. The number of hydrogen-bond acceptors (Lipinski definition) is 4. The molecule has 0 amide bonds. The third-order valence-corrected chi connectivity index (χ3v) is 4.82. The Labute approximate surface area is 179 Å². The van der Waals surface area contributed by atoms with Crippen LogP contribution in [0, 0.1) is 13.8 Å². The summed E-state index contributed by atoms with van der Waals surface area (Å²) in [7, 11) is 0. The van der Waals surface area contributed by atoms with Crippen LogP contribution in [0.4, 0.5) is 0 Å². The Morgan fingerprint density at radius 2 is 1.30 bits per heavy atom. The van der Waals surface area contributed by atoms with Gasteiger partial charge in [0.15, 0.2) is 11.5 Å². The van der Waals surface area contributed by atoms with Gasteiger partial charge in [-0.05, 0) is 68.8 Å². The van der Waals surface area contributed by atoms with Gasteiger partial charge >= 0.3 is 0 Å². The first-order valence-corrected chi connectivity index (χ1v) is 10.4. The molecule has 0 saturated heterocycles. The SMILES string of the molecule is Cc1ccc(Oc2ccc(C(O)CCNC(C)C)cc2Oc2ccc(C)cc2)cc1. The number of aliphatic hydroxyl groups is 1. The third-order valence-electron chi connectivity index (χ3n) is 4.82. The van der Waals surface area contributed by atoms with Gasteiger partial charge in [0.05, 0.1) is 6.10 Å². The van der Waals surface area contributed by atoms with E-state index in [1.165, 1.54) is 11.1 Å². The molecule has 3 aromatic rings. The maximum Gasteiger partial charge on any atom is 0.170 e. The Kier molecular flexibility index (Phi) is 7.50. The third kappa shape index (κ3) is 6.34. The first-order valence-electron chi connectivity index (χ1n) is 10.4. The minimum absolute atomic E-state index is 0.392. The largest absolute Gasteiger partial charge is 0.453 e. The maximum absolute atomic E-state index is 10.6. The fourth-order valence-corrected chi connectivity index (χ4v) is 3.04. The van der Waals surface area contributed by atoms with Crippen LogP contribution in [0.2, 0.25) is 0 Å². The minimum atomic E-state index is -0.579. The van der Waals surface area contributed by atoms with E-state index in [1.54, 1.807) is 0 Å². The highest BCUT2D eigenvalue weighted by molar-refractivity contribution is 5.48. The number of aryl methyl sites for hydroxylation is 2. The summed E-state index contributed by atoms with van der Waals surface area (Å²) in [4.78, 5) is 0. The van der Waals surface area contributed by atoms with Crippen molar-refractivity contribution >= 4 is 0 Å². The highest BCUT2D eigenvalue weighted by atomic mass is 16.5. The number of aliphatic hydroxyl groups excluding tert-OH is 1. The molecule has 158 valence electrons. The standard InChI is InChI=1S/C26H31NO3/c1-18(2)27-16-15-24(28)21-9-14-25(29-22-10-5-19(3)6-11-22)26(17-21)30-23-12-7-20(4)8-13-23/h5-14,17-18,24,27-28H,15-16H2,1-4H3. The van der Waals surface area contributed by atoms with E-state index in [9.17, 15) is 5.11 Å². The van der Waals surface area contributed by atoms with Crippen LogP contribution < -0.4 is 14.8 Å². The lowest BCUT2D eigenvalue weighted by Crippen LogP contribution is -2.24. The maximum atomic E-state index is 10.6. The number of benzene rings is 3. The lowest BCUT2D eigenvalue weighted by molar-refractivity contribution is 0.165. The molecule has 1 atom stereocenters. The Balaban J connectivity index is 1.84. The summed E-state index contributed by atoms with van der Waals surface area (Å²) in [6.07, 6.45) is 0.0467. The van der Waals surface area contributed by atoms with Crippen molar-refractivity contribution in [3.8, 4) is 23.0 Å². The van der Waals surface area contributed by atoms with Crippen molar-refractivity contribution in [2.24, 2.45) is 0 Å². The molecule has 0 radical (unpaired) electrons. The van der Waals surface area contributed by atoms with Crippen molar-refractivity contribution < 1.29 is 14.6 Å². The number of nitrogens with one attached hydrogen (secondary N) is 1. The zero-order valence-electron chi connectivity index (χ0n) is 18.2. The van der Waals surface area contributed by atoms with E-state index in [0.717, 1.165) is 23.6 Å². The Morgan fingerprint density at radius 1 is 0.767 bits per heavy atom. The molecular weight excluding hydrogens is 374 g/mol. The topological polar surface area (TPSA) is 50.7 Å². The molecule has 0 fully saturated rings. The van der Waals surface area contributed by atoms with Gasteiger partial charge < -0.3 is 19.9 Å². The number of hydrogen-bond donors (Lipinski definition) is 2. The molecule has 30 heavy (non-hydrogen) atoms. The van der Waals surface area contributed by atoms with E-state index in [4.69, 9.17) is 9.47 Å². The van der Waals surface area contributed by atoms with Crippen molar-refractivity contribution in [3.05, 3.63) is 83.4 Å². The van der Waals surface area contributed by atoms with Crippen LogP contribution in [0.15, 0.2) is 66.7 Å². The van der Waals surface area contributed by atoms with Gasteiger partial charge in [-0.25, -0.2) is 0 Å². The molecule has 0 saturated carbocycles. The highest BCUT2D eigenvalue weighted by Crippen LogP contribution is 2.37. The smallest absolute Gasteiger partial charge is 0.170 e. The van der Waals surface area contributed by atoms with E-state index < -0.39 is 6.10 Å². The first kappa shape index (κ1) is 21.9. The summed E-state index contributed by atoms with van der Waals surface area (Å²) < 4.78 is 12.2. The molecule has 0 spiro atoms. The Hall–Kier alpha value is -2.82. The second kappa shape index (κ2) is 10.3. The summed E-state index contributed by atoms with van der Waals surface area (Å²) in [6.45, 7) is 9.01. The van der Waals surface area contributed by atoms with Crippen LogP contribution in [0.1, 0.15) is 43.1 Å². The molecule has 0 aliphatic heterocycles. The van der Waals surface area contributed by atoms with Gasteiger partial charge in [0.2, 0.25) is 0 Å². The van der Waals surface area contributed by atoms with Crippen LogP contribution in [-0.2, 0) is 0 Å². The van der Waals surface area contributed by atoms with Gasteiger partial charge in [0.1, 0.15) is 11.5 Å². The van der Waals surface area contributed by atoms with Gasteiger partial charge in [0, 0.05) is 6.04 Å². The van der Waals surface area contributed by atoms with Crippen LogP contribution in [0.25, 0.3) is 0 Å². The summed E-state index contributed by atoms with van der Waals surface area (Å²) in [5.41, 5.74) is 3.14. The van der Waals surface area contributed by atoms with Crippen molar-refractivity contribution in [2.45, 2.75) is 46.3 Å². The number of rotatable bonds is 9. The normalized spacial score (nSPS) is 12.1. The average molecular weight is 406 g/mol. The predicted octanol–water partition coefficient (Wildman–Crippen LogP) is 6.31. The second-order valence-electron chi connectivity index (χ2n) is 7.95. The molecule has 4 heteroatoms. The highest BCUT2D eigenvalue weighted by Gasteiger charge is 2.14. The minimum Gasteiger partial charge on any atom is -0.453 e. The van der Waals surface area contributed by atoms with Crippen LogP contribution in [0.5, 0.6) is 23.0 Å². The van der Waals surface area contributed by atoms with E-state index in [-0.39, 0.29) is 0 Å².